The van der Waals surface area contributed by atoms with Gasteiger partial charge in [-0.15, -0.1) is 0 Å². The first-order chi connectivity index (χ1) is 7.35. The molecule has 0 aliphatic carbocycles. The molecular formula is C9H18FmNO5-. The number of hydrogen-bond donors (Lipinski definition) is 2. The Morgan fingerprint density at radius 1 is 1.25 bits per heavy atom. The summed E-state index contributed by atoms with van der Waals surface area (Å²) in [7, 11) is 1.60. The van der Waals surface area contributed by atoms with Crippen LogP contribution in [0.15, 0.2) is 0 Å². The fourth-order valence-corrected chi connectivity index (χ4v) is 0.811. The van der Waals surface area contributed by atoms with Crippen LogP contribution in [0.1, 0.15) is 0 Å². The smallest absolute Gasteiger partial charge is 0.0701 e. The van der Waals surface area contributed by atoms with Gasteiger partial charge in [0.1, 0.15) is 0 Å². The Balaban J connectivity index is 0. The average Bonchev–Trinajstić information content (AvgIpc) is 2.26. The monoisotopic (exact) mass is 477 g/mol. The molecule has 0 aliphatic heterocycles. The summed E-state index contributed by atoms with van der Waals surface area (Å²) in [6.07, 6.45) is 1.50. The van der Waals surface area contributed by atoms with Gasteiger partial charge in [-0.2, -0.15) is 6.41 Å². The first kappa shape index (κ1) is 16.7. The molecule has 1 atom stereocenters. The summed E-state index contributed by atoms with van der Waals surface area (Å²) in [5.74, 6) is 0. The normalized spacial score (nSPS) is 11.6. The molecule has 0 aliphatic rings. The largest absolute Gasteiger partial charge is 0.524 e. The van der Waals surface area contributed by atoms with Crippen molar-refractivity contribution < 1.29 is 24.1 Å². The molecule has 102 valence electrons. The van der Waals surface area contributed by atoms with E-state index in [0.29, 0.717) is 26.4 Å². The minimum atomic E-state index is -0.401. The van der Waals surface area contributed by atoms with E-state index in [9.17, 15) is 4.79 Å². The molecule has 1 amide bonds. The zero-order valence-corrected chi connectivity index (χ0v) is 11.6. The maximum absolute atomic E-state index is 9.94. The number of ether oxygens (including phenoxy) is 3. The summed E-state index contributed by atoms with van der Waals surface area (Å²) in [4.78, 5) is 9.94. The van der Waals surface area contributed by atoms with Crippen molar-refractivity contribution in [2.75, 3.05) is 46.8 Å². The molecule has 0 spiro atoms. The minimum Gasteiger partial charge on any atom is -0.524 e. The third-order valence-electron chi connectivity index (χ3n) is 1.61. The second kappa shape index (κ2) is 13.3. The van der Waals surface area contributed by atoms with Gasteiger partial charge in [0.15, 0.2) is 0 Å². The fraction of sp³-hybridized carbons (Fsp3) is 0.889. The number of methoxy groups -OCH3 is 1. The predicted molar refractivity (Wildman–Crippen MR) is 53.2 cm³/mol. The molecule has 0 aromatic heterocycles. The van der Waals surface area contributed by atoms with E-state index in [1.54, 1.807) is 7.11 Å². The van der Waals surface area contributed by atoms with Crippen molar-refractivity contribution in [2.45, 2.75) is 6.04 Å². The van der Waals surface area contributed by atoms with Crippen molar-refractivity contribution in [3.63, 3.8) is 0 Å². The second-order valence-corrected chi connectivity index (χ2v) is 2.81. The standard InChI is InChI=1S/C9H18NO5.Fm/c1-13-2-3-14-4-5-15-7-9(6-11)10-8-12;/h9,11H,2-7H2,1H3,(H,10,12);/q-1;. The van der Waals surface area contributed by atoms with Crippen LogP contribution in [0.2, 0.25) is 0 Å². The van der Waals surface area contributed by atoms with Crippen molar-refractivity contribution >= 4 is 6.41 Å². The predicted octanol–water partition coefficient (Wildman–Crippen LogP) is -1.32. The van der Waals surface area contributed by atoms with Crippen LogP contribution in [0.3, 0.4) is 0 Å². The molecule has 7 heteroatoms. The van der Waals surface area contributed by atoms with E-state index in [0.717, 1.165) is 0 Å². The first-order valence-electron chi connectivity index (χ1n) is 4.73. The number of amides is 1. The van der Waals surface area contributed by atoms with Gasteiger partial charge in [-0.1, -0.05) is 0 Å². The van der Waals surface area contributed by atoms with E-state index in [2.05, 4.69) is 5.32 Å². The van der Waals surface area contributed by atoms with Gasteiger partial charge in [0, 0.05) is 13.2 Å². The van der Waals surface area contributed by atoms with Crippen molar-refractivity contribution in [1.82, 2.24) is 5.32 Å². The van der Waals surface area contributed by atoms with E-state index in [1.807, 2.05) is 0 Å². The molecule has 0 saturated heterocycles. The zero-order chi connectivity index (χ0) is 11.4. The number of aliphatic hydroxyl groups is 1. The summed E-state index contributed by atoms with van der Waals surface area (Å²) in [6.45, 7) is 2.05. The zero-order valence-electron chi connectivity index (χ0n) is 9.19. The molecule has 0 saturated carbocycles. The van der Waals surface area contributed by atoms with Gasteiger partial charge >= 0.3 is 0 Å². The van der Waals surface area contributed by atoms with Gasteiger partial charge in [0.05, 0.1) is 39.6 Å². The maximum Gasteiger partial charge on any atom is 0.0701 e. The van der Waals surface area contributed by atoms with E-state index < -0.39 is 6.04 Å². The van der Waals surface area contributed by atoms with E-state index in [1.165, 1.54) is 6.41 Å². The quantitative estimate of drug-likeness (QED) is 0.220. The van der Waals surface area contributed by atoms with Crippen molar-refractivity contribution in [3.05, 3.63) is 0 Å². The van der Waals surface area contributed by atoms with Crippen LogP contribution in [0.5, 0.6) is 0 Å². The van der Waals surface area contributed by atoms with E-state index >= 15 is 0 Å². The van der Waals surface area contributed by atoms with Gasteiger partial charge in [-0.3, -0.25) is 0 Å². The fourth-order valence-electron chi connectivity index (χ4n) is 0.811. The van der Waals surface area contributed by atoms with Crippen molar-refractivity contribution in [1.29, 1.82) is 0 Å². The molecule has 0 fully saturated rings. The van der Waals surface area contributed by atoms with Gasteiger partial charge < -0.3 is 29.4 Å². The van der Waals surface area contributed by atoms with Crippen molar-refractivity contribution in [2.24, 2.45) is 0 Å². The Kier molecular flexibility index (Phi) is 13.9. The molecule has 0 rings (SSSR count). The number of rotatable bonds is 11. The molecule has 1 unspecified atom stereocenters. The summed E-state index contributed by atoms with van der Waals surface area (Å²) >= 11 is 0. The topological polar surface area (TPSA) is 77.0 Å². The van der Waals surface area contributed by atoms with Crippen molar-refractivity contribution in [3.8, 4) is 0 Å². The van der Waals surface area contributed by atoms with Crippen LogP contribution < -0.4 is 5.32 Å². The Bertz CT molecular complexity index is 150. The first-order valence-corrected chi connectivity index (χ1v) is 4.73. The van der Waals surface area contributed by atoms with Crippen LogP contribution in [0.25, 0.3) is 0 Å². The molecule has 2 N–H and O–H groups in total. The molecule has 6 nitrogen and oxygen atoms in total. The number of hydrogen-bond acceptors (Lipinski definition) is 5. The Labute approximate surface area is 89.5 Å². The second-order valence-electron chi connectivity index (χ2n) is 2.81. The van der Waals surface area contributed by atoms with Crippen LogP contribution in [0.4, 0.5) is 0 Å². The Morgan fingerprint density at radius 2 is 1.88 bits per heavy atom. The molecule has 16 heavy (non-hydrogen) atoms. The van der Waals surface area contributed by atoms with E-state index in [4.69, 9.17) is 19.3 Å². The molecular weight excluding hydrogens is 459 g/mol. The van der Waals surface area contributed by atoms with Gasteiger partial charge in [-0.25, -0.2) is 0 Å². The Hall–Kier alpha value is -1.69. The summed E-state index contributed by atoms with van der Waals surface area (Å²) < 4.78 is 15.1. The Morgan fingerprint density at radius 3 is 2.44 bits per heavy atom. The molecule has 0 heterocycles. The van der Waals surface area contributed by atoms with Gasteiger partial charge in [-0.05, 0) is 0 Å². The summed E-state index contributed by atoms with van der Waals surface area (Å²) in [6, 6.07) is -0.401. The van der Waals surface area contributed by atoms with Gasteiger partial charge in [0.2, 0.25) is 0 Å². The molecule has 0 bridgehead atoms. The van der Waals surface area contributed by atoms with E-state index in [-0.39, 0.29) is 13.2 Å². The minimum absolute atomic E-state index is 0. The number of aliphatic hydroxyl groups excluding tert-OH is 1. The summed E-state index contributed by atoms with van der Waals surface area (Å²) in [5, 5.41) is 11.1. The van der Waals surface area contributed by atoms with Crippen LogP contribution >= 0.6 is 0 Å². The SMILES string of the molecule is COCCOCCOCC(CO)N[C-]=O.[Fm]. The number of carbonyl (C=O) groups excluding carboxylic acids is 1. The molecule has 0 radical (unpaired) electrons. The third-order valence-corrected chi connectivity index (χ3v) is 1.61. The average molecular weight is 477 g/mol. The van der Waals surface area contributed by atoms with Crippen LogP contribution in [0, 0.1) is 0 Å². The maximum atomic E-state index is 9.94. The number of nitrogens with one attached hydrogen (secondary N) is 1. The molecule has 0 aromatic rings. The van der Waals surface area contributed by atoms with Crippen LogP contribution in [-0.4, -0.2) is 64.3 Å². The summed E-state index contributed by atoms with van der Waals surface area (Å²) in [5.41, 5.74) is 0. The molecule has 0 aromatic carbocycles. The van der Waals surface area contributed by atoms with Gasteiger partial charge in [0.25, 0.3) is 0 Å². The third kappa shape index (κ3) is 10.4. The van der Waals surface area contributed by atoms with Crippen LogP contribution in [-0.2, 0) is 19.0 Å².